The van der Waals surface area contributed by atoms with E-state index >= 15 is 0 Å². The van der Waals surface area contributed by atoms with Crippen LogP contribution in [-0.4, -0.2) is 48.2 Å². The highest BCUT2D eigenvalue weighted by atomic mass is 16.5. The number of rotatable bonds is 7. The Kier molecular flexibility index (Phi) is 6.73. The fourth-order valence-corrected chi connectivity index (χ4v) is 4.20. The molecule has 1 fully saturated rings. The van der Waals surface area contributed by atoms with Gasteiger partial charge in [-0.05, 0) is 43.4 Å². The molecule has 1 aromatic heterocycles. The standard InChI is InChI=1S/C22H31N3O3/c1-16-11-17(2)14-25(13-16)10-6-9-23-21(26)15-28-20-12-22(27)24(3)19-8-5-4-7-18(19)20/h4-5,7-8,12,16-17H,6,9-11,13-15H2,1-3H3,(H,23,26)/t16-,17+. The van der Waals surface area contributed by atoms with Gasteiger partial charge in [-0.2, -0.15) is 0 Å². The van der Waals surface area contributed by atoms with Crippen molar-refractivity contribution in [3.05, 3.63) is 40.7 Å². The van der Waals surface area contributed by atoms with Crippen molar-refractivity contribution in [3.63, 3.8) is 0 Å². The molecule has 2 heterocycles. The van der Waals surface area contributed by atoms with Gasteiger partial charge in [0.1, 0.15) is 5.75 Å². The highest BCUT2D eigenvalue weighted by molar-refractivity contribution is 5.86. The van der Waals surface area contributed by atoms with Gasteiger partial charge in [-0.25, -0.2) is 0 Å². The summed E-state index contributed by atoms with van der Waals surface area (Å²) >= 11 is 0. The van der Waals surface area contributed by atoms with Crippen molar-refractivity contribution >= 4 is 16.8 Å². The van der Waals surface area contributed by atoms with Crippen LogP contribution in [-0.2, 0) is 11.8 Å². The van der Waals surface area contributed by atoms with Crippen molar-refractivity contribution in [2.24, 2.45) is 18.9 Å². The molecule has 0 unspecified atom stereocenters. The molecule has 1 N–H and O–H groups in total. The Morgan fingerprint density at radius 2 is 1.93 bits per heavy atom. The summed E-state index contributed by atoms with van der Waals surface area (Å²) in [6.07, 6.45) is 2.24. The lowest BCUT2D eigenvalue weighted by Crippen LogP contribution is -2.40. The van der Waals surface area contributed by atoms with E-state index in [9.17, 15) is 9.59 Å². The number of amides is 1. The molecule has 0 spiro atoms. The molecule has 1 aliphatic heterocycles. The third kappa shape index (κ3) is 5.13. The number of likely N-dealkylation sites (tertiary alicyclic amines) is 1. The van der Waals surface area contributed by atoms with Gasteiger partial charge >= 0.3 is 0 Å². The van der Waals surface area contributed by atoms with Crippen LogP contribution in [0.1, 0.15) is 26.7 Å². The summed E-state index contributed by atoms with van der Waals surface area (Å²) in [6.45, 7) is 8.47. The minimum atomic E-state index is -0.162. The number of benzene rings is 1. The first-order chi connectivity index (χ1) is 13.4. The number of aryl methyl sites for hydroxylation is 1. The molecule has 1 aromatic carbocycles. The first kappa shape index (κ1) is 20.4. The fourth-order valence-electron chi connectivity index (χ4n) is 4.20. The molecule has 6 heteroatoms. The van der Waals surface area contributed by atoms with E-state index in [2.05, 4.69) is 24.1 Å². The number of pyridine rings is 1. The second-order valence-corrected chi connectivity index (χ2v) is 8.12. The predicted octanol–water partition coefficient (Wildman–Crippen LogP) is 2.40. The van der Waals surface area contributed by atoms with E-state index in [1.54, 1.807) is 11.6 Å². The SMILES string of the molecule is C[C@@H]1C[C@H](C)CN(CCCNC(=O)COc2cc(=O)n(C)c3ccccc23)C1. The number of aromatic nitrogens is 1. The zero-order chi connectivity index (χ0) is 20.1. The van der Waals surface area contributed by atoms with Gasteiger partial charge in [-0.1, -0.05) is 26.0 Å². The highest BCUT2D eigenvalue weighted by Gasteiger charge is 2.21. The van der Waals surface area contributed by atoms with Gasteiger partial charge < -0.3 is 19.5 Å². The van der Waals surface area contributed by atoms with E-state index in [4.69, 9.17) is 4.74 Å². The molecule has 0 radical (unpaired) electrons. The number of ether oxygens (including phenoxy) is 1. The van der Waals surface area contributed by atoms with Crippen LogP contribution in [0.25, 0.3) is 10.9 Å². The minimum absolute atomic E-state index is 0.0883. The normalized spacial score (nSPS) is 20.2. The lowest BCUT2D eigenvalue weighted by molar-refractivity contribution is -0.123. The van der Waals surface area contributed by atoms with Gasteiger partial charge in [0.2, 0.25) is 0 Å². The van der Waals surface area contributed by atoms with Crippen LogP contribution < -0.4 is 15.6 Å². The van der Waals surface area contributed by atoms with Gasteiger partial charge in [-0.3, -0.25) is 9.59 Å². The Hall–Kier alpha value is -2.34. The molecule has 0 aliphatic carbocycles. The maximum absolute atomic E-state index is 12.1. The summed E-state index contributed by atoms with van der Waals surface area (Å²) in [5.41, 5.74) is 0.634. The molecule has 1 saturated heterocycles. The predicted molar refractivity (Wildman–Crippen MR) is 112 cm³/mol. The Morgan fingerprint density at radius 3 is 2.68 bits per heavy atom. The van der Waals surface area contributed by atoms with E-state index < -0.39 is 0 Å². The lowest BCUT2D eigenvalue weighted by atomic mass is 9.92. The maximum Gasteiger partial charge on any atom is 0.257 e. The third-order valence-electron chi connectivity index (χ3n) is 5.39. The van der Waals surface area contributed by atoms with E-state index in [1.807, 2.05) is 24.3 Å². The summed E-state index contributed by atoms with van der Waals surface area (Å²) in [6, 6.07) is 8.97. The Labute approximate surface area is 166 Å². The quantitative estimate of drug-likeness (QED) is 0.744. The van der Waals surface area contributed by atoms with Crippen molar-refractivity contribution in [3.8, 4) is 5.75 Å². The molecular formula is C22H31N3O3. The van der Waals surface area contributed by atoms with Crippen LogP contribution >= 0.6 is 0 Å². The summed E-state index contributed by atoms with van der Waals surface area (Å²) in [4.78, 5) is 26.7. The largest absolute Gasteiger partial charge is 0.483 e. The summed E-state index contributed by atoms with van der Waals surface area (Å²) in [5.74, 6) is 1.79. The van der Waals surface area contributed by atoms with Gasteiger partial charge in [0.15, 0.2) is 6.61 Å². The zero-order valence-corrected chi connectivity index (χ0v) is 17.1. The molecule has 2 aromatic rings. The molecule has 152 valence electrons. The Morgan fingerprint density at radius 1 is 1.21 bits per heavy atom. The summed E-state index contributed by atoms with van der Waals surface area (Å²) in [5, 5.41) is 3.74. The van der Waals surface area contributed by atoms with Gasteiger partial charge in [0.05, 0.1) is 5.52 Å². The van der Waals surface area contributed by atoms with E-state index in [1.165, 1.54) is 12.5 Å². The molecule has 3 rings (SSSR count). The van der Waals surface area contributed by atoms with Crippen molar-refractivity contribution < 1.29 is 9.53 Å². The summed E-state index contributed by atoms with van der Waals surface area (Å²) < 4.78 is 7.23. The molecule has 2 atom stereocenters. The van der Waals surface area contributed by atoms with Crippen LogP contribution in [0.2, 0.25) is 0 Å². The van der Waals surface area contributed by atoms with Crippen LogP contribution in [0, 0.1) is 11.8 Å². The first-order valence-electron chi connectivity index (χ1n) is 10.1. The number of hydrogen-bond donors (Lipinski definition) is 1. The highest BCUT2D eigenvalue weighted by Crippen LogP contribution is 2.23. The molecule has 0 saturated carbocycles. The topological polar surface area (TPSA) is 63.6 Å². The fraction of sp³-hybridized carbons (Fsp3) is 0.545. The molecule has 1 aliphatic rings. The summed E-state index contributed by atoms with van der Waals surface area (Å²) in [7, 11) is 1.73. The monoisotopic (exact) mass is 385 g/mol. The van der Waals surface area contributed by atoms with Crippen molar-refractivity contribution in [1.29, 1.82) is 0 Å². The number of carbonyl (C=O) groups is 1. The maximum atomic E-state index is 12.1. The average Bonchev–Trinajstić information content (AvgIpc) is 2.66. The van der Waals surface area contributed by atoms with Crippen LogP contribution in [0.3, 0.4) is 0 Å². The number of nitrogens with zero attached hydrogens (tertiary/aromatic N) is 2. The van der Waals surface area contributed by atoms with Crippen molar-refractivity contribution in [2.45, 2.75) is 26.7 Å². The van der Waals surface area contributed by atoms with Gasteiger partial charge in [-0.15, -0.1) is 0 Å². The number of hydrogen-bond acceptors (Lipinski definition) is 4. The van der Waals surface area contributed by atoms with Crippen LogP contribution in [0.4, 0.5) is 0 Å². The van der Waals surface area contributed by atoms with Crippen LogP contribution in [0.15, 0.2) is 35.1 Å². The minimum Gasteiger partial charge on any atom is -0.483 e. The first-order valence-corrected chi connectivity index (χ1v) is 10.1. The van der Waals surface area contributed by atoms with Gasteiger partial charge in [0.25, 0.3) is 11.5 Å². The van der Waals surface area contributed by atoms with Crippen LogP contribution in [0.5, 0.6) is 5.75 Å². The van der Waals surface area contributed by atoms with E-state index in [0.717, 1.165) is 48.8 Å². The second-order valence-electron chi connectivity index (χ2n) is 8.12. The Balaban J connectivity index is 1.46. The molecule has 28 heavy (non-hydrogen) atoms. The van der Waals surface area contributed by atoms with Gasteiger partial charge in [0, 0.05) is 38.1 Å². The number of piperidine rings is 1. The number of para-hydroxylation sites is 1. The van der Waals surface area contributed by atoms with E-state index in [-0.39, 0.29) is 18.1 Å². The molecule has 0 bridgehead atoms. The average molecular weight is 386 g/mol. The molecular weight excluding hydrogens is 354 g/mol. The number of fused-ring (bicyclic) bond motifs is 1. The number of nitrogens with one attached hydrogen (secondary N) is 1. The lowest BCUT2D eigenvalue weighted by Gasteiger charge is -2.34. The Bertz CT molecular complexity index is 867. The van der Waals surface area contributed by atoms with E-state index in [0.29, 0.717) is 12.3 Å². The third-order valence-corrected chi connectivity index (χ3v) is 5.39. The van der Waals surface area contributed by atoms with Crippen molar-refractivity contribution in [2.75, 3.05) is 32.8 Å². The smallest absolute Gasteiger partial charge is 0.257 e. The molecule has 6 nitrogen and oxygen atoms in total. The second kappa shape index (κ2) is 9.24. The molecule has 1 amide bonds. The number of carbonyl (C=O) groups excluding carboxylic acids is 1. The zero-order valence-electron chi connectivity index (χ0n) is 17.1. The van der Waals surface area contributed by atoms with Crippen molar-refractivity contribution in [1.82, 2.24) is 14.8 Å².